The molecule has 0 radical (unpaired) electrons. The molecule has 3 heteroatoms. The third-order valence-corrected chi connectivity index (χ3v) is 2.50. The van der Waals surface area contributed by atoms with Crippen molar-refractivity contribution < 1.29 is 4.74 Å². The van der Waals surface area contributed by atoms with Gasteiger partial charge >= 0.3 is 0 Å². The van der Waals surface area contributed by atoms with Crippen LogP contribution in [0.5, 0.6) is 5.75 Å². The van der Waals surface area contributed by atoms with E-state index in [0.29, 0.717) is 11.6 Å². The third-order valence-electron chi connectivity index (χ3n) is 1.44. The second-order valence-electron chi connectivity index (χ2n) is 2.20. The molecule has 0 spiro atoms. The lowest BCUT2D eigenvalue weighted by Gasteiger charge is -2.09. The summed E-state index contributed by atoms with van der Waals surface area (Å²) in [6.07, 6.45) is 2.01. The average Bonchev–Trinajstić information content (AvgIpc) is 2.09. The van der Waals surface area contributed by atoms with E-state index >= 15 is 0 Å². The molecule has 1 aromatic rings. The van der Waals surface area contributed by atoms with Crippen LogP contribution in [-0.4, -0.2) is 12.9 Å². The van der Waals surface area contributed by atoms with Crippen molar-refractivity contribution >= 4 is 23.4 Å². The molecule has 0 unspecified atom stereocenters. The number of halogens is 1. The first-order valence-corrected chi connectivity index (χ1v) is 5.35. The number of thioether (sulfide) groups is 1. The molecule has 0 atom stereocenters. The van der Waals surface area contributed by atoms with E-state index in [0.717, 1.165) is 10.6 Å². The van der Waals surface area contributed by atoms with Crippen molar-refractivity contribution in [3.63, 3.8) is 0 Å². The zero-order chi connectivity index (χ0) is 8.97. The van der Waals surface area contributed by atoms with Gasteiger partial charge in [0, 0.05) is 0 Å². The SMILES string of the molecule is CCOc1c(Cl)cccc1SC. The highest BCUT2D eigenvalue weighted by Crippen LogP contribution is 2.34. The molecule has 66 valence electrons. The maximum Gasteiger partial charge on any atom is 0.151 e. The van der Waals surface area contributed by atoms with Crippen molar-refractivity contribution in [1.82, 2.24) is 0 Å². The van der Waals surface area contributed by atoms with Crippen LogP contribution >= 0.6 is 23.4 Å². The van der Waals surface area contributed by atoms with Crippen LogP contribution in [0.15, 0.2) is 23.1 Å². The monoisotopic (exact) mass is 202 g/mol. The van der Waals surface area contributed by atoms with Gasteiger partial charge in [0.15, 0.2) is 5.75 Å². The highest BCUT2D eigenvalue weighted by atomic mass is 35.5. The first-order chi connectivity index (χ1) is 5.79. The van der Waals surface area contributed by atoms with Crippen LogP contribution in [0, 0.1) is 0 Å². The lowest BCUT2D eigenvalue weighted by atomic mass is 10.3. The van der Waals surface area contributed by atoms with Crippen LogP contribution in [0.2, 0.25) is 5.02 Å². The van der Waals surface area contributed by atoms with Gasteiger partial charge in [-0.2, -0.15) is 0 Å². The van der Waals surface area contributed by atoms with E-state index in [2.05, 4.69) is 0 Å². The molecule has 0 fully saturated rings. The Balaban J connectivity index is 3.02. The van der Waals surface area contributed by atoms with Crippen molar-refractivity contribution in [1.29, 1.82) is 0 Å². The number of para-hydroxylation sites is 1. The second-order valence-corrected chi connectivity index (χ2v) is 3.46. The predicted octanol–water partition coefficient (Wildman–Crippen LogP) is 3.46. The van der Waals surface area contributed by atoms with Gasteiger partial charge in [-0.25, -0.2) is 0 Å². The van der Waals surface area contributed by atoms with Gasteiger partial charge in [0.1, 0.15) is 0 Å². The number of ether oxygens (including phenoxy) is 1. The fourth-order valence-electron chi connectivity index (χ4n) is 0.934. The smallest absolute Gasteiger partial charge is 0.151 e. The number of hydrogen-bond donors (Lipinski definition) is 0. The van der Waals surface area contributed by atoms with Gasteiger partial charge in [-0.05, 0) is 25.3 Å². The summed E-state index contributed by atoms with van der Waals surface area (Å²) in [6, 6.07) is 5.77. The van der Waals surface area contributed by atoms with Crippen molar-refractivity contribution in [3.8, 4) is 5.75 Å². The fourth-order valence-corrected chi connectivity index (χ4v) is 1.79. The van der Waals surface area contributed by atoms with Crippen LogP contribution in [0.4, 0.5) is 0 Å². The minimum atomic E-state index is 0.650. The Morgan fingerprint density at radius 2 is 2.25 bits per heavy atom. The zero-order valence-electron chi connectivity index (χ0n) is 7.13. The standard InChI is InChI=1S/C9H11ClOS/c1-3-11-9-7(10)5-4-6-8(9)12-2/h4-6H,3H2,1-2H3. The van der Waals surface area contributed by atoms with E-state index in [1.807, 2.05) is 31.4 Å². The first-order valence-electron chi connectivity index (χ1n) is 3.75. The molecule has 0 aliphatic rings. The van der Waals surface area contributed by atoms with Gasteiger partial charge in [-0.3, -0.25) is 0 Å². The van der Waals surface area contributed by atoms with Gasteiger partial charge in [0.2, 0.25) is 0 Å². The summed E-state index contributed by atoms with van der Waals surface area (Å²) in [5.74, 6) is 0.800. The van der Waals surface area contributed by atoms with Gasteiger partial charge in [-0.1, -0.05) is 17.7 Å². The molecule has 1 nitrogen and oxygen atoms in total. The fraction of sp³-hybridized carbons (Fsp3) is 0.333. The van der Waals surface area contributed by atoms with Gasteiger partial charge in [0.25, 0.3) is 0 Å². The summed E-state index contributed by atoms with van der Waals surface area (Å²) in [6.45, 7) is 2.60. The first kappa shape index (κ1) is 9.75. The summed E-state index contributed by atoms with van der Waals surface area (Å²) in [5.41, 5.74) is 0. The molecule has 0 amide bonds. The number of benzene rings is 1. The molecule has 1 aromatic carbocycles. The Labute approximate surface area is 82.1 Å². The quantitative estimate of drug-likeness (QED) is 0.695. The van der Waals surface area contributed by atoms with E-state index in [1.165, 1.54) is 0 Å². The molecule has 0 aliphatic heterocycles. The van der Waals surface area contributed by atoms with Gasteiger partial charge in [-0.15, -0.1) is 11.8 Å². The minimum Gasteiger partial charge on any atom is -0.491 e. The zero-order valence-corrected chi connectivity index (χ0v) is 8.71. The average molecular weight is 203 g/mol. The Kier molecular flexibility index (Phi) is 3.76. The van der Waals surface area contributed by atoms with Crippen molar-refractivity contribution in [2.24, 2.45) is 0 Å². The summed E-state index contributed by atoms with van der Waals surface area (Å²) in [7, 11) is 0. The molecule has 0 heterocycles. The highest BCUT2D eigenvalue weighted by molar-refractivity contribution is 7.98. The minimum absolute atomic E-state index is 0.650. The number of rotatable bonds is 3. The summed E-state index contributed by atoms with van der Waals surface area (Å²) >= 11 is 7.59. The molecule has 0 saturated heterocycles. The highest BCUT2D eigenvalue weighted by Gasteiger charge is 2.05. The third kappa shape index (κ3) is 2.08. The van der Waals surface area contributed by atoms with Crippen molar-refractivity contribution in [3.05, 3.63) is 23.2 Å². The van der Waals surface area contributed by atoms with Crippen molar-refractivity contribution in [2.45, 2.75) is 11.8 Å². The summed E-state index contributed by atoms with van der Waals surface area (Å²) in [5, 5.41) is 0.684. The molecule has 0 aromatic heterocycles. The van der Waals surface area contributed by atoms with Crippen LogP contribution in [0.25, 0.3) is 0 Å². The van der Waals surface area contributed by atoms with Crippen LogP contribution in [-0.2, 0) is 0 Å². The maximum atomic E-state index is 5.95. The van der Waals surface area contributed by atoms with Crippen LogP contribution in [0.1, 0.15) is 6.92 Å². The van der Waals surface area contributed by atoms with E-state index in [9.17, 15) is 0 Å². The van der Waals surface area contributed by atoms with Crippen LogP contribution < -0.4 is 4.74 Å². The molecule has 0 saturated carbocycles. The lowest BCUT2D eigenvalue weighted by Crippen LogP contribution is -1.93. The molecule has 0 N–H and O–H groups in total. The molecule has 0 aliphatic carbocycles. The molecule has 12 heavy (non-hydrogen) atoms. The Morgan fingerprint density at radius 3 is 2.83 bits per heavy atom. The van der Waals surface area contributed by atoms with Gasteiger partial charge < -0.3 is 4.74 Å². The lowest BCUT2D eigenvalue weighted by molar-refractivity contribution is 0.332. The molecular formula is C9H11ClOS. The van der Waals surface area contributed by atoms with E-state index in [1.54, 1.807) is 11.8 Å². The van der Waals surface area contributed by atoms with Gasteiger partial charge in [0.05, 0.1) is 16.5 Å². The Morgan fingerprint density at radius 1 is 1.50 bits per heavy atom. The van der Waals surface area contributed by atoms with Crippen LogP contribution in [0.3, 0.4) is 0 Å². The molecular weight excluding hydrogens is 192 g/mol. The van der Waals surface area contributed by atoms with E-state index in [-0.39, 0.29) is 0 Å². The van der Waals surface area contributed by atoms with E-state index < -0.39 is 0 Å². The topological polar surface area (TPSA) is 9.23 Å². The normalized spacial score (nSPS) is 9.92. The van der Waals surface area contributed by atoms with Crippen molar-refractivity contribution in [2.75, 3.05) is 12.9 Å². The summed E-state index contributed by atoms with van der Waals surface area (Å²) < 4.78 is 5.41. The molecule has 1 rings (SSSR count). The summed E-state index contributed by atoms with van der Waals surface area (Å²) in [4.78, 5) is 1.09. The predicted molar refractivity (Wildman–Crippen MR) is 54.4 cm³/mol. The largest absolute Gasteiger partial charge is 0.491 e. The van der Waals surface area contributed by atoms with E-state index in [4.69, 9.17) is 16.3 Å². The Hall–Kier alpha value is -0.340. The molecule has 0 bridgehead atoms. The number of hydrogen-bond acceptors (Lipinski definition) is 2. The Bertz CT molecular complexity index is 263. The second kappa shape index (κ2) is 4.63. The maximum absolute atomic E-state index is 5.95.